The summed E-state index contributed by atoms with van der Waals surface area (Å²) in [5.74, 6) is 0. The van der Waals surface area contributed by atoms with Gasteiger partial charge in [0.2, 0.25) is 0 Å². The van der Waals surface area contributed by atoms with Crippen LogP contribution in [-0.4, -0.2) is 18.7 Å². The number of carbonyl (C=O) groups excluding carboxylic acids is 1. The van der Waals surface area contributed by atoms with Gasteiger partial charge in [0.1, 0.15) is 0 Å². The van der Waals surface area contributed by atoms with Gasteiger partial charge in [-0.25, -0.2) is 0 Å². The van der Waals surface area contributed by atoms with Crippen LogP contribution in [0.4, 0.5) is 0 Å². The molecule has 0 aromatic heterocycles. The molecule has 1 rings (SSSR count). The van der Waals surface area contributed by atoms with Crippen LogP contribution in [0.15, 0.2) is 18.2 Å². The van der Waals surface area contributed by atoms with Gasteiger partial charge in [-0.15, -0.1) is 0 Å². The topological polar surface area (TPSA) is 52.6 Å². The molecule has 0 fully saturated rings. The Morgan fingerprint density at radius 3 is 2.00 bits per heavy atom. The Bertz CT molecular complexity index is 460. The van der Waals surface area contributed by atoms with Gasteiger partial charge in [-0.05, 0) is 26.0 Å². The van der Waals surface area contributed by atoms with E-state index in [1.54, 1.807) is 19.9 Å². The van der Waals surface area contributed by atoms with E-state index >= 15 is 0 Å². The monoisotopic (exact) mass is 310 g/mol. The molecular weight excluding hydrogens is 298 g/mol. The second-order valence-corrected chi connectivity index (χ2v) is 5.97. The van der Waals surface area contributed by atoms with Gasteiger partial charge < -0.3 is 9.05 Å². The van der Waals surface area contributed by atoms with Gasteiger partial charge in [-0.3, -0.25) is 9.36 Å². The summed E-state index contributed by atoms with van der Waals surface area (Å²) in [6.07, 6.45) is 0. The van der Waals surface area contributed by atoms with Crippen molar-refractivity contribution >= 4 is 36.3 Å². The average Bonchev–Trinajstić information content (AvgIpc) is 2.29. The predicted molar refractivity (Wildman–Crippen MR) is 71.7 cm³/mol. The first kappa shape index (κ1) is 15.7. The minimum absolute atomic E-state index is 0.0360. The first-order chi connectivity index (χ1) is 8.46. The van der Waals surface area contributed by atoms with Crippen LogP contribution in [0, 0.1) is 0 Å². The Hall–Kier alpha value is -0.380. The molecule has 4 nitrogen and oxygen atoms in total. The van der Waals surface area contributed by atoms with E-state index in [2.05, 4.69) is 0 Å². The summed E-state index contributed by atoms with van der Waals surface area (Å²) in [5, 5.41) is 0.235. The lowest BCUT2D eigenvalue weighted by Gasteiger charge is -2.16. The molecule has 0 amide bonds. The van der Waals surface area contributed by atoms with Crippen LogP contribution < -0.4 is 0 Å². The number of hydrogen-bond acceptors (Lipinski definition) is 4. The summed E-state index contributed by atoms with van der Waals surface area (Å²) < 4.78 is 22.2. The molecule has 0 N–H and O–H groups in total. The van der Waals surface area contributed by atoms with E-state index in [4.69, 9.17) is 32.2 Å². The lowest BCUT2D eigenvalue weighted by atomic mass is 10.2. The second kappa shape index (κ2) is 6.69. The molecular formula is C11H13Cl2O4P. The van der Waals surface area contributed by atoms with Crippen LogP contribution in [0.2, 0.25) is 10.0 Å². The van der Waals surface area contributed by atoms with Gasteiger partial charge in [0.05, 0.1) is 28.8 Å². The molecule has 0 bridgehead atoms. The highest BCUT2D eigenvalue weighted by Gasteiger charge is 2.37. The normalized spacial score (nSPS) is 11.6. The van der Waals surface area contributed by atoms with Crippen molar-refractivity contribution in [1.82, 2.24) is 0 Å². The standard InChI is InChI=1S/C11H13Cl2O4P/c1-3-16-18(15,17-4-2)11(14)10-8(12)6-5-7-9(10)13/h5-7H,3-4H2,1-2H3. The maximum absolute atomic E-state index is 12.3. The molecule has 0 unspecified atom stereocenters. The third-order valence-electron chi connectivity index (χ3n) is 2.02. The first-order valence-corrected chi connectivity index (χ1v) is 7.64. The molecule has 0 spiro atoms. The van der Waals surface area contributed by atoms with E-state index in [1.165, 1.54) is 12.1 Å². The molecule has 7 heteroatoms. The number of carbonyl (C=O) groups is 1. The Labute approximate surface area is 116 Å². The van der Waals surface area contributed by atoms with E-state index in [-0.39, 0.29) is 28.8 Å². The van der Waals surface area contributed by atoms with Crippen molar-refractivity contribution in [2.24, 2.45) is 0 Å². The zero-order valence-corrected chi connectivity index (χ0v) is 12.4. The lowest BCUT2D eigenvalue weighted by Crippen LogP contribution is -2.08. The first-order valence-electron chi connectivity index (χ1n) is 5.34. The number of halogens is 2. The average molecular weight is 311 g/mol. The van der Waals surface area contributed by atoms with Crippen LogP contribution >= 0.6 is 30.8 Å². The molecule has 1 aromatic rings. The van der Waals surface area contributed by atoms with Gasteiger partial charge in [0.15, 0.2) is 0 Å². The minimum Gasteiger partial charge on any atom is -0.303 e. The Morgan fingerprint density at radius 1 is 1.17 bits per heavy atom. The second-order valence-electron chi connectivity index (χ2n) is 3.23. The third kappa shape index (κ3) is 3.34. The van der Waals surface area contributed by atoms with Gasteiger partial charge in [-0.2, -0.15) is 0 Å². The van der Waals surface area contributed by atoms with E-state index in [0.717, 1.165) is 0 Å². The number of benzene rings is 1. The quantitative estimate of drug-likeness (QED) is 0.731. The summed E-state index contributed by atoms with van der Waals surface area (Å²) in [4.78, 5) is 12.2. The van der Waals surface area contributed by atoms with Gasteiger partial charge in [0, 0.05) is 0 Å². The maximum atomic E-state index is 12.3. The van der Waals surface area contributed by atoms with E-state index < -0.39 is 13.1 Å². The highest BCUT2D eigenvalue weighted by Crippen LogP contribution is 2.52. The van der Waals surface area contributed by atoms with Crippen LogP contribution in [0.3, 0.4) is 0 Å². The maximum Gasteiger partial charge on any atom is 0.401 e. The van der Waals surface area contributed by atoms with E-state index in [1.807, 2.05) is 0 Å². The van der Waals surface area contributed by atoms with Crippen molar-refractivity contribution < 1.29 is 18.4 Å². The molecule has 0 aliphatic rings. The highest BCUT2D eigenvalue weighted by molar-refractivity contribution is 7.72. The molecule has 100 valence electrons. The van der Waals surface area contributed by atoms with Crippen molar-refractivity contribution in [3.63, 3.8) is 0 Å². The summed E-state index contributed by atoms with van der Waals surface area (Å²) >= 11 is 11.8. The molecule has 0 saturated carbocycles. The molecule has 0 atom stereocenters. The lowest BCUT2D eigenvalue weighted by molar-refractivity contribution is 0.100. The number of rotatable bonds is 6. The fourth-order valence-electron chi connectivity index (χ4n) is 1.33. The summed E-state index contributed by atoms with van der Waals surface area (Å²) in [7, 11) is -3.89. The Morgan fingerprint density at radius 2 is 1.61 bits per heavy atom. The zero-order valence-electron chi connectivity index (χ0n) is 9.98. The predicted octanol–water partition coefficient (Wildman–Crippen LogP) is 4.40. The summed E-state index contributed by atoms with van der Waals surface area (Å²) in [6.45, 7) is 3.41. The minimum atomic E-state index is -3.89. The third-order valence-corrected chi connectivity index (χ3v) is 4.57. The van der Waals surface area contributed by atoms with Gasteiger partial charge in [0.25, 0.3) is 5.52 Å². The van der Waals surface area contributed by atoms with Gasteiger partial charge >= 0.3 is 7.60 Å². The van der Waals surface area contributed by atoms with Crippen LogP contribution in [0.5, 0.6) is 0 Å². The highest BCUT2D eigenvalue weighted by atomic mass is 35.5. The smallest absolute Gasteiger partial charge is 0.303 e. The fourth-order valence-corrected chi connectivity index (χ4v) is 3.54. The van der Waals surface area contributed by atoms with Gasteiger partial charge in [-0.1, -0.05) is 29.3 Å². The summed E-state index contributed by atoms with van der Waals surface area (Å²) in [6, 6.07) is 4.57. The summed E-state index contributed by atoms with van der Waals surface area (Å²) in [5.41, 5.74) is -0.854. The SMILES string of the molecule is CCOP(=O)(OCC)C(=O)c1c(Cl)cccc1Cl. The van der Waals surface area contributed by atoms with E-state index in [9.17, 15) is 9.36 Å². The number of hydrogen-bond donors (Lipinski definition) is 0. The van der Waals surface area contributed by atoms with Crippen molar-refractivity contribution in [3.8, 4) is 0 Å². The molecule has 0 aliphatic carbocycles. The zero-order chi connectivity index (χ0) is 13.8. The molecule has 0 heterocycles. The molecule has 0 radical (unpaired) electrons. The molecule has 0 saturated heterocycles. The largest absolute Gasteiger partial charge is 0.401 e. The van der Waals surface area contributed by atoms with Crippen LogP contribution in [0.1, 0.15) is 24.2 Å². The fraction of sp³-hybridized carbons (Fsp3) is 0.364. The van der Waals surface area contributed by atoms with Crippen molar-refractivity contribution in [2.75, 3.05) is 13.2 Å². The van der Waals surface area contributed by atoms with Crippen LogP contribution in [-0.2, 0) is 13.6 Å². The Kier molecular flexibility index (Phi) is 5.83. The van der Waals surface area contributed by atoms with Crippen molar-refractivity contribution in [3.05, 3.63) is 33.8 Å². The van der Waals surface area contributed by atoms with Crippen molar-refractivity contribution in [1.29, 1.82) is 0 Å². The van der Waals surface area contributed by atoms with E-state index in [0.29, 0.717) is 0 Å². The van der Waals surface area contributed by atoms with Crippen molar-refractivity contribution in [2.45, 2.75) is 13.8 Å². The van der Waals surface area contributed by atoms with Crippen LogP contribution in [0.25, 0.3) is 0 Å². The Balaban J connectivity index is 3.22. The molecule has 0 aliphatic heterocycles. The molecule has 1 aromatic carbocycles. The molecule has 18 heavy (non-hydrogen) atoms.